The van der Waals surface area contributed by atoms with Crippen molar-refractivity contribution in [2.24, 2.45) is 5.92 Å². The van der Waals surface area contributed by atoms with Crippen molar-refractivity contribution in [2.75, 3.05) is 13.2 Å². The molecule has 0 fully saturated rings. The summed E-state index contributed by atoms with van der Waals surface area (Å²) in [5, 5.41) is 5.84. The summed E-state index contributed by atoms with van der Waals surface area (Å²) in [6.07, 6.45) is 1.82. The van der Waals surface area contributed by atoms with Crippen molar-refractivity contribution >= 4 is 6.03 Å². The molecule has 0 saturated carbocycles. The minimum Gasteiger partial charge on any atom is -0.491 e. The van der Waals surface area contributed by atoms with Crippen LogP contribution in [0.3, 0.4) is 0 Å². The van der Waals surface area contributed by atoms with Gasteiger partial charge in [0.25, 0.3) is 0 Å². The number of para-hydroxylation sites is 1. The van der Waals surface area contributed by atoms with Crippen LogP contribution < -0.4 is 15.4 Å². The summed E-state index contributed by atoms with van der Waals surface area (Å²) >= 11 is 0. The fourth-order valence-electron chi connectivity index (χ4n) is 2.13. The van der Waals surface area contributed by atoms with Gasteiger partial charge in [0.2, 0.25) is 0 Å². The zero-order valence-electron chi connectivity index (χ0n) is 11.6. The van der Waals surface area contributed by atoms with Crippen molar-refractivity contribution in [3.63, 3.8) is 0 Å². The molecule has 104 valence electrons. The Labute approximate surface area is 114 Å². The van der Waals surface area contributed by atoms with E-state index in [4.69, 9.17) is 4.74 Å². The summed E-state index contributed by atoms with van der Waals surface area (Å²) in [6, 6.07) is 7.91. The summed E-state index contributed by atoms with van der Waals surface area (Å²) in [7, 11) is 0. The largest absolute Gasteiger partial charge is 0.491 e. The molecule has 4 heteroatoms. The molecule has 1 aliphatic rings. The Morgan fingerprint density at radius 3 is 3.00 bits per heavy atom. The van der Waals surface area contributed by atoms with E-state index in [9.17, 15) is 4.79 Å². The first-order valence-electron chi connectivity index (χ1n) is 6.90. The second-order valence-electron chi connectivity index (χ2n) is 5.40. The summed E-state index contributed by atoms with van der Waals surface area (Å²) in [4.78, 5) is 11.7. The van der Waals surface area contributed by atoms with Crippen molar-refractivity contribution in [1.82, 2.24) is 10.6 Å². The second kappa shape index (κ2) is 6.45. The number of fused-ring (bicyclic) bond motifs is 1. The molecular weight excluding hydrogens is 240 g/mol. The van der Waals surface area contributed by atoms with Gasteiger partial charge in [-0.2, -0.15) is 0 Å². The highest BCUT2D eigenvalue weighted by Gasteiger charge is 2.20. The van der Waals surface area contributed by atoms with E-state index in [2.05, 4.69) is 24.5 Å². The maximum Gasteiger partial charge on any atom is 0.315 e. The van der Waals surface area contributed by atoms with Gasteiger partial charge in [0.15, 0.2) is 0 Å². The molecule has 1 unspecified atom stereocenters. The molecule has 0 aliphatic carbocycles. The van der Waals surface area contributed by atoms with Gasteiger partial charge in [0.1, 0.15) is 12.4 Å². The van der Waals surface area contributed by atoms with Crippen molar-refractivity contribution < 1.29 is 9.53 Å². The number of carbonyl (C=O) groups excluding carboxylic acids is 1. The maximum absolute atomic E-state index is 11.7. The van der Waals surface area contributed by atoms with E-state index in [1.54, 1.807) is 0 Å². The molecule has 0 aromatic heterocycles. The summed E-state index contributed by atoms with van der Waals surface area (Å²) in [6.45, 7) is 5.54. The van der Waals surface area contributed by atoms with Crippen molar-refractivity contribution in [3.05, 3.63) is 29.8 Å². The molecule has 4 nitrogen and oxygen atoms in total. The number of hydrogen-bond donors (Lipinski definition) is 2. The lowest BCUT2D eigenvalue weighted by Crippen LogP contribution is -2.47. The van der Waals surface area contributed by atoms with Crippen LogP contribution in [0, 0.1) is 5.92 Å². The second-order valence-corrected chi connectivity index (χ2v) is 5.40. The third kappa shape index (κ3) is 4.16. The van der Waals surface area contributed by atoms with Crippen molar-refractivity contribution in [3.8, 4) is 5.75 Å². The average molecular weight is 262 g/mol. The lowest BCUT2D eigenvalue weighted by Gasteiger charge is -2.26. The Morgan fingerprint density at radius 2 is 2.21 bits per heavy atom. The predicted octanol–water partition coefficient (Wildman–Crippen LogP) is 2.34. The molecule has 1 aromatic rings. The molecule has 2 N–H and O–H groups in total. The van der Waals surface area contributed by atoms with E-state index in [1.165, 1.54) is 0 Å². The Bertz CT molecular complexity index is 432. The normalized spacial score (nSPS) is 17.5. The number of nitrogens with one attached hydrogen (secondary N) is 2. The molecule has 2 rings (SSSR count). The minimum atomic E-state index is -0.103. The predicted molar refractivity (Wildman–Crippen MR) is 75.4 cm³/mol. The van der Waals surface area contributed by atoms with Gasteiger partial charge in [-0.15, -0.1) is 0 Å². The number of rotatable bonds is 4. The van der Waals surface area contributed by atoms with Gasteiger partial charge in [0, 0.05) is 6.54 Å². The summed E-state index contributed by atoms with van der Waals surface area (Å²) in [5.41, 5.74) is 1.15. The van der Waals surface area contributed by atoms with E-state index in [-0.39, 0.29) is 12.1 Å². The Morgan fingerprint density at radius 1 is 1.42 bits per heavy atom. The number of amides is 2. The van der Waals surface area contributed by atoms with Crippen LogP contribution >= 0.6 is 0 Å². The first kappa shape index (κ1) is 13.7. The summed E-state index contributed by atoms with van der Waals surface area (Å²) in [5.74, 6) is 1.53. The standard InChI is InChI=1S/C15H22N2O2/c1-11(2)7-8-16-15(18)17-13-9-12-5-3-4-6-14(12)19-10-13/h3-6,11,13H,7-10H2,1-2H3,(H2,16,17,18). The monoisotopic (exact) mass is 262 g/mol. The molecule has 0 saturated heterocycles. The van der Waals surface area contributed by atoms with Gasteiger partial charge in [-0.1, -0.05) is 32.0 Å². The fourth-order valence-corrected chi connectivity index (χ4v) is 2.13. The lowest BCUT2D eigenvalue weighted by atomic mass is 10.0. The lowest BCUT2D eigenvalue weighted by molar-refractivity contribution is 0.214. The number of carbonyl (C=O) groups is 1. The Hall–Kier alpha value is -1.71. The quantitative estimate of drug-likeness (QED) is 0.875. The summed E-state index contributed by atoms with van der Waals surface area (Å²) < 4.78 is 5.64. The van der Waals surface area contributed by atoms with Crippen LogP contribution in [-0.4, -0.2) is 25.2 Å². The molecule has 1 aromatic carbocycles. The van der Waals surface area contributed by atoms with Crippen LogP contribution in [0.1, 0.15) is 25.8 Å². The topological polar surface area (TPSA) is 50.4 Å². The van der Waals surface area contributed by atoms with Gasteiger partial charge in [-0.25, -0.2) is 4.79 Å². The highest BCUT2D eigenvalue weighted by atomic mass is 16.5. The van der Waals surface area contributed by atoms with Crippen molar-refractivity contribution in [1.29, 1.82) is 0 Å². The molecule has 0 spiro atoms. The van der Waals surface area contributed by atoms with Crippen LogP contribution in [0.15, 0.2) is 24.3 Å². The maximum atomic E-state index is 11.7. The Balaban J connectivity index is 1.77. The molecule has 19 heavy (non-hydrogen) atoms. The number of ether oxygens (including phenoxy) is 1. The van der Waals surface area contributed by atoms with Gasteiger partial charge in [0.05, 0.1) is 6.04 Å². The minimum absolute atomic E-state index is 0.0500. The molecular formula is C15H22N2O2. The molecule has 1 heterocycles. The van der Waals surface area contributed by atoms with Crippen LogP contribution in [-0.2, 0) is 6.42 Å². The fraction of sp³-hybridized carbons (Fsp3) is 0.533. The number of benzene rings is 1. The van der Waals surface area contributed by atoms with E-state index in [0.29, 0.717) is 19.1 Å². The highest BCUT2D eigenvalue weighted by Crippen LogP contribution is 2.23. The van der Waals surface area contributed by atoms with E-state index < -0.39 is 0 Å². The molecule has 2 amide bonds. The van der Waals surface area contributed by atoms with E-state index >= 15 is 0 Å². The zero-order chi connectivity index (χ0) is 13.7. The molecule has 0 radical (unpaired) electrons. The van der Waals surface area contributed by atoms with Crippen LogP contribution in [0.2, 0.25) is 0 Å². The average Bonchev–Trinajstić information content (AvgIpc) is 2.38. The van der Waals surface area contributed by atoms with Gasteiger partial charge < -0.3 is 15.4 Å². The third-order valence-electron chi connectivity index (χ3n) is 3.22. The van der Waals surface area contributed by atoms with E-state index in [0.717, 1.165) is 24.2 Å². The smallest absolute Gasteiger partial charge is 0.315 e. The zero-order valence-corrected chi connectivity index (χ0v) is 11.6. The molecule has 0 bridgehead atoms. The van der Waals surface area contributed by atoms with Gasteiger partial charge >= 0.3 is 6.03 Å². The van der Waals surface area contributed by atoms with Crippen LogP contribution in [0.4, 0.5) is 4.79 Å². The number of hydrogen-bond acceptors (Lipinski definition) is 2. The van der Waals surface area contributed by atoms with E-state index in [1.807, 2.05) is 24.3 Å². The van der Waals surface area contributed by atoms with Gasteiger partial charge in [-0.3, -0.25) is 0 Å². The first-order valence-corrected chi connectivity index (χ1v) is 6.90. The van der Waals surface area contributed by atoms with Crippen LogP contribution in [0.5, 0.6) is 5.75 Å². The first-order chi connectivity index (χ1) is 9.15. The van der Waals surface area contributed by atoms with Gasteiger partial charge in [-0.05, 0) is 30.4 Å². The SMILES string of the molecule is CC(C)CCNC(=O)NC1COc2ccccc2C1. The van der Waals surface area contributed by atoms with Crippen LogP contribution in [0.25, 0.3) is 0 Å². The third-order valence-corrected chi connectivity index (χ3v) is 3.22. The highest BCUT2D eigenvalue weighted by molar-refractivity contribution is 5.74. The molecule has 1 atom stereocenters. The molecule has 1 aliphatic heterocycles. The number of urea groups is 1. The van der Waals surface area contributed by atoms with Crippen molar-refractivity contribution in [2.45, 2.75) is 32.7 Å². The Kier molecular flexibility index (Phi) is 4.66.